The molecule has 0 unspecified atom stereocenters. The van der Waals surface area contributed by atoms with Crippen molar-refractivity contribution in [3.8, 4) is 0 Å². The second-order valence-electron chi connectivity index (χ2n) is 5.94. The number of rotatable bonds is 4. The number of hydrogen-bond acceptors (Lipinski definition) is 3. The highest BCUT2D eigenvalue weighted by Gasteiger charge is 2.30. The first-order valence-corrected chi connectivity index (χ1v) is 6.93. The minimum atomic E-state index is -0.174. The molecule has 2 N–H and O–H groups in total. The van der Waals surface area contributed by atoms with Crippen molar-refractivity contribution in [3.63, 3.8) is 0 Å². The second-order valence-corrected chi connectivity index (χ2v) is 5.94. The van der Waals surface area contributed by atoms with Crippen molar-refractivity contribution in [2.45, 2.75) is 26.4 Å². The molecule has 1 aliphatic rings. The number of amides is 2. The standard InChI is InChI=1S/C15H23N3O2/c1-15(2,3)20-11-10-17-8-9-18(14(17)19)13-7-5-4-6-12(13)16/h4-7H,8-11,16H2,1-3H3. The molecular weight excluding hydrogens is 254 g/mol. The van der Waals surface area contributed by atoms with E-state index in [4.69, 9.17) is 10.5 Å². The molecule has 0 radical (unpaired) electrons. The summed E-state index contributed by atoms with van der Waals surface area (Å²) >= 11 is 0. The van der Waals surface area contributed by atoms with Gasteiger partial charge in [-0.15, -0.1) is 0 Å². The van der Waals surface area contributed by atoms with Crippen LogP contribution in [0.1, 0.15) is 20.8 Å². The Morgan fingerprint density at radius 2 is 1.95 bits per heavy atom. The van der Waals surface area contributed by atoms with Crippen molar-refractivity contribution in [1.82, 2.24) is 4.90 Å². The van der Waals surface area contributed by atoms with E-state index < -0.39 is 0 Å². The van der Waals surface area contributed by atoms with Gasteiger partial charge in [0.2, 0.25) is 0 Å². The molecule has 2 amide bonds. The Labute approximate surface area is 120 Å². The van der Waals surface area contributed by atoms with Crippen molar-refractivity contribution in [2.75, 3.05) is 36.9 Å². The summed E-state index contributed by atoms with van der Waals surface area (Å²) < 4.78 is 5.67. The summed E-state index contributed by atoms with van der Waals surface area (Å²) in [7, 11) is 0. The molecule has 1 aromatic rings. The lowest BCUT2D eigenvalue weighted by Gasteiger charge is -2.23. The van der Waals surface area contributed by atoms with Gasteiger partial charge in [-0.2, -0.15) is 0 Å². The average molecular weight is 277 g/mol. The third-order valence-corrected chi connectivity index (χ3v) is 3.22. The summed E-state index contributed by atoms with van der Waals surface area (Å²) in [5, 5.41) is 0. The maximum absolute atomic E-state index is 12.4. The van der Waals surface area contributed by atoms with Crippen LogP contribution in [0.15, 0.2) is 24.3 Å². The molecule has 0 saturated carbocycles. The van der Waals surface area contributed by atoms with E-state index in [9.17, 15) is 4.79 Å². The van der Waals surface area contributed by atoms with E-state index in [-0.39, 0.29) is 11.6 Å². The highest BCUT2D eigenvalue weighted by molar-refractivity contribution is 5.97. The van der Waals surface area contributed by atoms with E-state index in [0.717, 1.165) is 5.69 Å². The molecule has 2 rings (SSSR count). The number of nitrogens with zero attached hydrogens (tertiary/aromatic N) is 2. The minimum Gasteiger partial charge on any atom is -0.397 e. The molecule has 1 aliphatic heterocycles. The van der Waals surface area contributed by atoms with Crippen LogP contribution < -0.4 is 10.6 Å². The van der Waals surface area contributed by atoms with Crippen LogP contribution in [0.25, 0.3) is 0 Å². The molecule has 1 saturated heterocycles. The highest BCUT2D eigenvalue weighted by Crippen LogP contribution is 2.26. The molecule has 0 spiro atoms. The lowest BCUT2D eigenvalue weighted by molar-refractivity contribution is -0.00806. The predicted octanol–water partition coefficient (Wildman–Crippen LogP) is 2.33. The number of nitrogens with two attached hydrogens (primary N) is 1. The first kappa shape index (κ1) is 14.7. The van der Waals surface area contributed by atoms with Crippen molar-refractivity contribution in [2.24, 2.45) is 0 Å². The van der Waals surface area contributed by atoms with E-state index >= 15 is 0 Å². The van der Waals surface area contributed by atoms with Gasteiger partial charge in [-0.1, -0.05) is 12.1 Å². The smallest absolute Gasteiger partial charge is 0.324 e. The largest absolute Gasteiger partial charge is 0.397 e. The predicted molar refractivity (Wildman–Crippen MR) is 80.9 cm³/mol. The SMILES string of the molecule is CC(C)(C)OCCN1CCN(c2ccccc2N)C1=O. The Balaban J connectivity index is 1.95. The lowest BCUT2D eigenvalue weighted by atomic mass is 10.2. The number of hydrogen-bond donors (Lipinski definition) is 1. The Morgan fingerprint density at radius 3 is 2.60 bits per heavy atom. The van der Waals surface area contributed by atoms with Crippen LogP contribution in [0, 0.1) is 0 Å². The molecule has 20 heavy (non-hydrogen) atoms. The number of ether oxygens (including phenoxy) is 1. The average Bonchev–Trinajstić information content (AvgIpc) is 2.70. The number of para-hydroxylation sites is 2. The Bertz CT molecular complexity index is 482. The minimum absolute atomic E-state index is 0.000379. The van der Waals surface area contributed by atoms with Gasteiger partial charge in [0.15, 0.2) is 0 Å². The molecule has 1 heterocycles. The monoisotopic (exact) mass is 277 g/mol. The number of nitrogen functional groups attached to an aromatic ring is 1. The Morgan fingerprint density at radius 1 is 1.25 bits per heavy atom. The molecule has 0 atom stereocenters. The number of benzene rings is 1. The van der Waals surface area contributed by atoms with Gasteiger partial charge in [-0.25, -0.2) is 4.79 Å². The van der Waals surface area contributed by atoms with Gasteiger partial charge in [-0.3, -0.25) is 4.90 Å². The molecule has 0 aliphatic carbocycles. The first-order chi connectivity index (χ1) is 9.38. The van der Waals surface area contributed by atoms with Crippen LogP contribution in [0.5, 0.6) is 0 Å². The summed E-state index contributed by atoms with van der Waals surface area (Å²) in [5.74, 6) is 0. The zero-order valence-corrected chi connectivity index (χ0v) is 12.4. The van der Waals surface area contributed by atoms with Gasteiger partial charge < -0.3 is 15.4 Å². The quantitative estimate of drug-likeness (QED) is 0.859. The maximum Gasteiger partial charge on any atom is 0.324 e. The van der Waals surface area contributed by atoms with Crippen LogP contribution in [-0.4, -0.2) is 42.8 Å². The highest BCUT2D eigenvalue weighted by atomic mass is 16.5. The number of carbonyl (C=O) groups is 1. The van der Waals surface area contributed by atoms with Gasteiger partial charge in [0.05, 0.1) is 23.6 Å². The summed E-state index contributed by atoms with van der Waals surface area (Å²) in [6.45, 7) is 8.57. The van der Waals surface area contributed by atoms with Gasteiger partial charge in [-0.05, 0) is 32.9 Å². The number of urea groups is 1. The third kappa shape index (κ3) is 3.42. The number of anilines is 2. The zero-order chi connectivity index (χ0) is 14.8. The van der Waals surface area contributed by atoms with Crippen molar-refractivity contribution >= 4 is 17.4 Å². The number of carbonyl (C=O) groups excluding carboxylic acids is 1. The van der Waals surface area contributed by atoms with E-state index in [1.165, 1.54) is 0 Å². The first-order valence-electron chi connectivity index (χ1n) is 6.93. The van der Waals surface area contributed by atoms with Crippen molar-refractivity contribution in [3.05, 3.63) is 24.3 Å². The molecule has 1 aromatic carbocycles. The molecule has 5 heteroatoms. The fourth-order valence-corrected chi connectivity index (χ4v) is 2.21. The maximum atomic E-state index is 12.4. The van der Waals surface area contributed by atoms with Crippen molar-refractivity contribution < 1.29 is 9.53 Å². The molecule has 110 valence electrons. The van der Waals surface area contributed by atoms with Gasteiger partial charge >= 0.3 is 6.03 Å². The van der Waals surface area contributed by atoms with Crippen LogP contribution >= 0.6 is 0 Å². The van der Waals surface area contributed by atoms with Gasteiger partial charge in [0.1, 0.15) is 0 Å². The van der Waals surface area contributed by atoms with Crippen LogP contribution in [0.2, 0.25) is 0 Å². The van der Waals surface area contributed by atoms with E-state index in [2.05, 4.69) is 0 Å². The molecular formula is C15H23N3O2. The molecule has 5 nitrogen and oxygen atoms in total. The summed E-state index contributed by atoms with van der Waals surface area (Å²) in [5.41, 5.74) is 7.18. The van der Waals surface area contributed by atoms with E-state index in [1.807, 2.05) is 45.0 Å². The van der Waals surface area contributed by atoms with Crippen molar-refractivity contribution in [1.29, 1.82) is 0 Å². The lowest BCUT2D eigenvalue weighted by Crippen LogP contribution is -2.35. The third-order valence-electron chi connectivity index (χ3n) is 3.22. The normalized spacial score (nSPS) is 16.1. The van der Waals surface area contributed by atoms with Crippen LogP contribution in [-0.2, 0) is 4.74 Å². The summed E-state index contributed by atoms with van der Waals surface area (Å²) in [4.78, 5) is 15.9. The van der Waals surface area contributed by atoms with E-state index in [1.54, 1.807) is 9.80 Å². The van der Waals surface area contributed by atoms with Gasteiger partial charge in [0.25, 0.3) is 0 Å². The van der Waals surface area contributed by atoms with E-state index in [0.29, 0.717) is 31.9 Å². The fourth-order valence-electron chi connectivity index (χ4n) is 2.21. The Hall–Kier alpha value is -1.75. The summed E-state index contributed by atoms with van der Waals surface area (Å²) in [6, 6.07) is 7.45. The molecule has 0 bridgehead atoms. The van der Waals surface area contributed by atoms with Gasteiger partial charge in [0, 0.05) is 19.6 Å². The zero-order valence-electron chi connectivity index (χ0n) is 12.4. The van der Waals surface area contributed by atoms with Crippen LogP contribution in [0.4, 0.5) is 16.2 Å². The summed E-state index contributed by atoms with van der Waals surface area (Å²) in [6.07, 6.45) is 0. The fraction of sp³-hybridized carbons (Fsp3) is 0.533. The molecule has 1 fully saturated rings. The Kier molecular flexibility index (Phi) is 4.18. The second kappa shape index (κ2) is 5.71. The van der Waals surface area contributed by atoms with Crippen LogP contribution in [0.3, 0.4) is 0 Å². The molecule has 0 aromatic heterocycles. The topological polar surface area (TPSA) is 58.8 Å².